The number of para-hydroxylation sites is 1. The first-order valence-electron chi connectivity index (χ1n) is 8.27. The third kappa shape index (κ3) is 4.16. The predicted octanol–water partition coefficient (Wildman–Crippen LogP) is 3.82. The lowest BCUT2D eigenvalue weighted by molar-refractivity contribution is -0.119. The maximum Gasteiger partial charge on any atom is 0.231 e. The average Bonchev–Trinajstić information content (AvgIpc) is 3.03. The fourth-order valence-corrected chi connectivity index (χ4v) is 3.43. The second kappa shape index (κ2) is 7.78. The molecular formula is C19H21N3O3S. The molecule has 2 aromatic heterocycles. The Morgan fingerprint density at radius 1 is 1.27 bits per heavy atom. The summed E-state index contributed by atoms with van der Waals surface area (Å²) in [5.74, 6) is 1.51. The van der Waals surface area contributed by atoms with E-state index in [1.54, 1.807) is 7.11 Å². The Labute approximate surface area is 156 Å². The molecule has 26 heavy (non-hydrogen) atoms. The lowest BCUT2D eigenvalue weighted by atomic mass is 10.2. The molecule has 0 saturated heterocycles. The van der Waals surface area contributed by atoms with Crippen LogP contribution in [0.25, 0.3) is 11.0 Å². The number of aryl methyl sites for hydroxylation is 2. The van der Waals surface area contributed by atoms with Crippen molar-refractivity contribution in [2.75, 3.05) is 12.9 Å². The molecule has 0 saturated carbocycles. The first kappa shape index (κ1) is 18.3. The quantitative estimate of drug-likeness (QED) is 0.524. The van der Waals surface area contributed by atoms with Crippen LogP contribution in [0.3, 0.4) is 0 Å². The van der Waals surface area contributed by atoms with Crippen LogP contribution in [0.5, 0.6) is 5.75 Å². The number of amides is 1. The number of carbonyl (C=O) groups excluding carboxylic acids is 1. The monoisotopic (exact) mass is 371 g/mol. The lowest BCUT2D eigenvalue weighted by Crippen LogP contribution is -2.28. The number of benzene rings is 1. The molecule has 1 N–H and O–H groups in total. The number of nitrogens with zero attached hydrogens (tertiary/aromatic N) is 2. The van der Waals surface area contributed by atoms with Gasteiger partial charge in [-0.25, -0.2) is 9.97 Å². The van der Waals surface area contributed by atoms with Crippen LogP contribution in [-0.4, -0.2) is 28.7 Å². The molecule has 136 valence electrons. The van der Waals surface area contributed by atoms with E-state index < -0.39 is 0 Å². The molecule has 1 atom stereocenters. The minimum Gasteiger partial charge on any atom is -0.493 e. The maximum absolute atomic E-state index is 12.3. The highest BCUT2D eigenvalue weighted by atomic mass is 32.2. The standard InChI is InChI=1S/C19H21N3O3S/c1-11-8-12(2)21-19(20-11)26-10-17(23)22-13(3)16-9-14-6-5-7-15(24-4)18(14)25-16/h5-9,13H,10H2,1-4H3,(H,22,23)/t13-/m0/s1. The SMILES string of the molecule is COc1cccc2cc([C@H](C)NC(=O)CSc3nc(C)cc(C)n3)oc12. The molecule has 2 heterocycles. The minimum atomic E-state index is -0.250. The molecule has 0 bridgehead atoms. The van der Waals surface area contributed by atoms with Gasteiger partial charge >= 0.3 is 0 Å². The molecule has 1 amide bonds. The molecule has 0 aliphatic carbocycles. The number of carbonyl (C=O) groups is 1. The number of aromatic nitrogens is 2. The van der Waals surface area contributed by atoms with E-state index in [4.69, 9.17) is 9.15 Å². The summed E-state index contributed by atoms with van der Waals surface area (Å²) >= 11 is 1.32. The van der Waals surface area contributed by atoms with E-state index in [9.17, 15) is 4.79 Å². The van der Waals surface area contributed by atoms with Gasteiger partial charge < -0.3 is 14.5 Å². The fourth-order valence-electron chi connectivity index (χ4n) is 2.67. The van der Waals surface area contributed by atoms with Gasteiger partial charge in [0.25, 0.3) is 0 Å². The van der Waals surface area contributed by atoms with Crippen molar-refractivity contribution in [2.24, 2.45) is 0 Å². The smallest absolute Gasteiger partial charge is 0.231 e. The number of hydrogen-bond donors (Lipinski definition) is 1. The topological polar surface area (TPSA) is 77.2 Å². The maximum atomic E-state index is 12.3. The van der Waals surface area contributed by atoms with Crippen molar-refractivity contribution in [1.82, 2.24) is 15.3 Å². The normalized spacial score (nSPS) is 12.2. The number of hydrogen-bond acceptors (Lipinski definition) is 6. The van der Waals surface area contributed by atoms with E-state index in [1.165, 1.54) is 11.8 Å². The molecular weight excluding hydrogens is 350 g/mol. The van der Waals surface area contributed by atoms with Crippen molar-refractivity contribution < 1.29 is 13.9 Å². The Balaban J connectivity index is 1.64. The Morgan fingerprint density at radius 2 is 2.00 bits per heavy atom. The molecule has 0 aliphatic heterocycles. The third-order valence-electron chi connectivity index (χ3n) is 3.85. The summed E-state index contributed by atoms with van der Waals surface area (Å²) in [6.07, 6.45) is 0. The Morgan fingerprint density at radius 3 is 2.69 bits per heavy atom. The van der Waals surface area contributed by atoms with Gasteiger partial charge in [0, 0.05) is 16.8 Å². The summed E-state index contributed by atoms with van der Waals surface area (Å²) in [6, 6.07) is 9.28. The van der Waals surface area contributed by atoms with Crippen LogP contribution in [0, 0.1) is 13.8 Å². The zero-order valence-electron chi connectivity index (χ0n) is 15.2. The zero-order valence-corrected chi connectivity index (χ0v) is 16.0. The van der Waals surface area contributed by atoms with Crippen LogP contribution < -0.4 is 10.1 Å². The van der Waals surface area contributed by atoms with Crippen LogP contribution in [0.4, 0.5) is 0 Å². The number of ether oxygens (including phenoxy) is 1. The average molecular weight is 371 g/mol. The highest BCUT2D eigenvalue weighted by molar-refractivity contribution is 7.99. The number of fused-ring (bicyclic) bond motifs is 1. The molecule has 0 aliphatic rings. The van der Waals surface area contributed by atoms with Gasteiger partial charge in [-0.1, -0.05) is 23.9 Å². The van der Waals surface area contributed by atoms with Crippen molar-refractivity contribution in [3.8, 4) is 5.75 Å². The number of thioether (sulfide) groups is 1. The lowest BCUT2D eigenvalue weighted by Gasteiger charge is -2.11. The van der Waals surface area contributed by atoms with E-state index in [2.05, 4.69) is 15.3 Å². The molecule has 7 heteroatoms. The van der Waals surface area contributed by atoms with E-state index in [1.807, 2.05) is 51.1 Å². The summed E-state index contributed by atoms with van der Waals surface area (Å²) in [7, 11) is 1.61. The second-order valence-electron chi connectivity index (χ2n) is 6.04. The highest BCUT2D eigenvalue weighted by Gasteiger charge is 2.16. The Hall–Kier alpha value is -2.54. The fraction of sp³-hybridized carbons (Fsp3) is 0.316. The van der Waals surface area contributed by atoms with Gasteiger partial charge in [0.1, 0.15) is 5.76 Å². The van der Waals surface area contributed by atoms with Gasteiger partial charge in [0.15, 0.2) is 16.5 Å². The highest BCUT2D eigenvalue weighted by Crippen LogP contribution is 2.30. The van der Waals surface area contributed by atoms with E-state index in [0.29, 0.717) is 22.2 Å². The van der Waals surface area contributed by atoms with Crippen molar-refractivity contribution in [3.05, 3.63) is 47.5 Å². The first-order chi connectivity index (χ1) is 12.5. The van der Waals surface area contributed by atoms with Gasteiger partial charge in [-0.2, -0.15) is 0 Å². The molecule has 3 rings (SSSR count). The largest absolute Gasteiger partial charge is 0.493 e. The van der Waals surface area contributed by atoms with Gasteiger partial charge in [0.05, 0.1) is 18.9 Å². The zero-order chi connectivity index (χ0) is 18.7. The summed E-state index contributed by atoms with van der Waals surface area (Å²) in [5.41, 5.74) is 2.47. The van der Waals surface area contributed by atoms with Crippen molar-refractivity contribution >= 4 is 28.6 Å². The molecule has 0 unspecified atom stereocenters. The van der Waals surface area contributed by atoms with Crippen LogP contribution in [0.15, 0.2) is 39.9 Å². The van der Waals surface area contributed by atoms with Crippen LogP contribution in [0.1, 0.15) is 30.1 Å². The van der Waals surface area contributed by atoms with Crippen molar-refractivity contribution in [2.45, 2.75) is 32.0 Å². The minimum absolute atomic E-state index is 0.0994. The van der Waals surface area contributed by atoms with Crippen molar-refractivity contribution in [1.29, 1.82) is 0 Å². The Kier molecular flexibility index (Phi) is 5.46. The second-order valence-corrected chi connectivity index (χ2v) is 6.98. The van der Waals surface area contributed by atoms with E-state index in [0.717, 1.165) is 16.8 Å². The predicted molar refractivity (Wildman–Crippen MR) is 102 cm³/mol. The molecule has 6 nitrogen and oxygen atoms in total. The molecule has 1 aromatic carbocycles. The van der Waals surface area contributed by atoms with Gasteiger partial charge in [-0.15, -0.1) is 0 Å². The molecule has 0 radical (unpaired) electrons. The number of rotatable bonds is 6. The number of nitrogens with one attached hydrogen (secondary N) is 1. The molecule has 3 aromatic rings. The molecule has 0 fully saturated rings. The molecule has 0 spiro atoms. The number of methoxy groups -OCH3 is 1. The summed E-state index contributed by atoms with van der Waals surface area (Å²) < 4.78 is 11.2. The van der Waals surface area contributed by atoms with E-state index >= 15 is 0 Å². The Bertz CT molecular complexity index is 919. The van der Waals surface area contributed by atoms with E-state index in [-0.39, 0.29) is 17.7 Å². The summed E-state index contributed by atoms with van der Waals surface area (Å²) in [6.45, 7) is 5.72. The van der Waals surface area contributed by atoms with Gasteiger partial charge in [-0.3, -0.25) is 4.79 Å². The van der Waals surface area contributed by atoms with Crippen LogP contribution in [0.2, 0.25) is 0 Å². The summed E-state index contributed by atoms with van der Waals surface area (Å²) in [5, 5.41) is 4.50. The first-order valence-corrected chi connectivity index (χ1v) is 9.25. The van der Waals surface area contributed by atoms with Crippen molar-refractivity contribution in [3.63, 3.8) is 0 Å². The summed E-state index contributed by atoms with van der Waals surface area (Å²) in [4.78, 5) is 20.9. The van der Waals surface area contributed by atoms with Crippen LogP contribution in [-0.2, 0) is 4.79 Å². The van der Waals surface area contributed by atoms with Gasteiger partial charge in [0.2, 0.25) is 5.91 Å². The third-order valence-corrected chi connectivity index (χ3v) is 4.69. The number of furan rings is 1. The van der Waals surface area contributed by atoms with Gasteiger partial charge in [-0.05, 0) is 39.0 Å². The van der Waals surface area contributed by atoms with Crippen LogP contribution >= 0.6 is 11.8 Å².